The highest BCUT2D eigenvalue weighted by Crippen LogP contribution is 2.29. The number of carbonyl (C=O) groups is 1. The van der Waals surface area contributed by atoms with E-state index in [1.165, 1.54) is 4.31 Å². The van der Waals surface area contributed by atoms with Gasteiger partial charge in [0.25, 0.3) is 10.2 Å². The molecule has 0 saturated carbocycles. The third-order valence-corrected chi connectivity index (χ3v) is 7.15. The van der Waals surface area contributed by atoms with E-state index in [1.54, 1.807) is 16.1 Å². The van der Waals surface area contributed by atoms with Crippen LogP contribution in [-0.2, 0) is 14.9 Å². The predicted molar refractivity (Wildman–Crippen MR) is 102 cm³/mol. The van der Waals surface area contributed by atoms with E-state index >= 15 is 0 Å². The molecule has 0 radical (unpaired) electrons. The number of amides is 1. The molecule has 9 heteroatoms. The molecule has 0 spiro atoms. The molecular formula is C18H28N4O4S. The SMILES string of the molecule is CCOC(=O)N1CCN(S(=O)(=O)N2CCN(C)CC2c2ccccc2)CC1. The molecule has 27 heavy (non-hydrogen) atoms. The minimum Gasteiger partial charge on any atom is -0.450 e. The predicted octanol–water partition coefficient (Wildman–Crippen LogP) is 0.994. The second kappa shape index (κ2) is 8.55. The standard InChI is InChI=1S/C18H28N4O4S/c1-3-26-18(23)20-10-12-21(13-11-20)27(24,25)22-14-9-19(2)15-17(22)16-7-5-4-6-8-16/h4-8,17H,3,9-15H2,1-2H3. The highest BCUT2D eigenvalue weighted by Gasteiger charge is 2.40. The Morgan fingerprint density at radius 2 is 1.74 bits per heavy atom. The van der Waals surface area contributed by atoms with Gasteiger partial charge in [-0.1, -0.05) is 30.3 Å². The second-order valence-electron chi connectivity index (χ2n) is 6.89. The van der Waals surface area contributed by atoms with Gasteiger partial charge in [-0.3, -0.25) is 0 Å². The van der Waals surface area contributed by atoms with Gasteiger partial charge in [-0.2, -0.15) is 17.0 Å². The van der Waals surface area contributed by atoms with Crippen LogP contribution in [0.4, 0.5) is 4.79 Å². The molecule has 150 valence electrons. The number of rotatable bonds is 4. The lowest BCUT2D eigenvalue weighted by molar-refractivity contribution is 0.0902. The molecule has 1 aromatic rings. The molecule has 0 bridgehead atoms. The van der Waals surface area contributed by atoms with Crippen LogP contribution in [0.15, 0.2) is 30.3 Å². The van der Waals surface area contributed by atoms with Crippen LogP contribution >= 0.6 is 0 Å². The molecule has 2 heterocycles. The van der Waals surface area contributed by atoms with Gasteiger partial charge in [0, 0.05) is 45.8 Å². The van der Waals surface area contributed by atoms with Crippen molar-refractivity contribution in [1.29, 1.82) is 0 Å². The Balaban J connectivity index is 1.74. The number of hydrogen-bond donors (Lipinski definition) is 0. The summed E-state index contributed by atoms with van der Waals surface area (Å²) in [5.41, 5.74) is 0.998. The van der Waals surface area contributed by atoms with Gasteiger partial charge in [0.15, 0.2) is 0 Å². The Hall–Kier alpha value is -1.68. The summed E-state index contributed by atoms with van der Waals surface area (Å²) in [4.78, 5) is 15.6. The van der Waals surface area contributed by atoms with Crippen molar-refractivity contribution in [2.24, 2.45) is 0 Å². The minimum absolute atomic E-state index is 0.210. The van der Waals surface area contributed by atoms with Gasteiger partial charge in [0.1, 0.15) is 0 Å². The lowest BCUT2D eigenvalue weighted by atomic mass is 10.1. The third kappa shape index (κ3) is 4.43. The fourth-order valence-corrected chi connectivity index (χ4v) is 5.33. The lowest BCUT2D eigenvalue weighted by Crippen LogP contribution is -2.58. The first-order valence-corrected chi connectivity index (χ1v) is 10.7. The number of benzene rings is 1. The monoisotopic (exact) mass is 396 g/mol. The van der Waals surface area contributed by atoms with Crippen LogP contribution in [0.2, 0.25) is 0 Å². The smallest absolute Gasteiger partial charge is 0.409 e. The van der Waals surface area contributed by atoms with Gasteiger partial charge in [-0.25, -0.2) is 4.79 Å². The zero-order chi connectivity index (χ0) is 19.4. The summed E-state index contributed by atoms with van der Waals surface area (Å²) in [7, 11) is -1.59. The van der Waals surface area contributed by atoms with E-state index in [9.17, 15) is 13.2 Å². The Morgan fingerprint density at radius 3 is 2.37 bits per heavy atom. The van der Waals surface area contributed by atoms with E-state index < -0.39 is 10.2 Å². The number of piperazine rings is 2. The minimum atomic E-state index is -3.61. The van der Waals surface area contributed by atoms with Crippen LogP contribution in [-0.4, -0.2) is 92.4 Å². The number of hydrogen-bond acceptors (Lipinski definition) is 5. The molecular weight excluding hydrogens is 368 g/mol. The summed E-state index contributed by atoms with van der Waals surface area (Å²) in [5, 5.41) is 0. The molecule has 8 nitrogen and oxygen atoms in total. The molecule has 2 aliphatic rings. The van der Waals surface area contributed by atoms with E-state index in [0.29, 0.717) is 39.3 Å². The van der Waals surface area contributed by atoms with Gasteiger partial charge < -0.3 is 14.5 Å². The third-order valence-electron chi connectivity index (χ3n) is 5.11. The number of carbonyl (C=O) groups excluding carboxylic acids is 1. The van der Waals surface area contributed by atoms with Gasteiger partial charge in [0.2, 0.25) is 0 Å². The summed E-state index contributed by atoms with van der Waals surface area (Å²) in [6, 6.07) is 9.55. The second-order valence-corrected chi connectivity index (χ2v) is 8.77. The molecule has 2 aliphatic heterocycles. The molecule has 0 aromatic heterocycles. The Bertz CT molecular complexity index is 735. The number of nitrogens with zero attached hydrogens (tertiary/aromatic N) is 4. The molecule has 1 unspecified atom stereocenters. The largest absolute Gasteiger partial charge is 0.450 e. The normalized spacial score (nSPS) is 23.3. The Kier molecular flexibility index (Phi) is 6.36. The molecule has 1 atom stereocenters. The van der Waals surface area contributed by atoms with Gasteiger partial charge in [-0.15, -0.1) is 0 Å². The highest BCUT2D eigenvalue weighted by atomic mass is 32.2. The van der Waals surface area contributed by atoms with Crippen LogP contribution in [0.3, 0.4) is 0 Å². The zero-order valence-electron chi connectivity index (χ0n) is 16.0. The fourth-order valence-electron chi connectivity index (χ4n) is 3.59. The number of likely N-dealkylation sites (N-methyl/N-ethyl adjacent to an activating group) is 1. The fraction of sp³-hybridized carbons (Fsp3) is 0.611. The van der Waals surface area contributed by atoms with Crippen LogP contribution in [0, 0.1) is 0 Å². The van der Waals surface area contributed by atoms with Crippen molar-refractivity contribution in [2.75, 3.05) is 59.5 Å². The summed E-state index contributed by atoms with van der Waals surface area (Å²) in [6.07, 6.45) is -0.378. The van der Waals surface area contributed by atoms with Crippen LogP contribution in [0.1, 0.15) is 18.5 Å². The summed E-state index contributed by atoms with van der Waals surface area (Å²) in [6.45, 7) is 5.16. The van der Waals surface area contributed by atoms with E-state index in [4.69, 9.17) is 4.74 Å². The Morgan fingerprint density at radius 1 is 1.07 bits per heavy atom. The Labute approximate surface area is 161 Å². The first-order valence-electron chi connectivity index (χ1n) is 9.35. The maximum absolute atomic E-state index is 13.3. The molecule has 3 rings (SSSR count). The van der Waals surface area contributed by atoms with Crippen molar-refractivity contribution in [1.82, 2.24) is 18.4 Å². The van der Waals surface area contributed by atoms with Gasteiger partial charge in [0.05, 0.1) is 12.6 Å². The van der Waals surface area contributed by atoms with Crippen molar-refractivity contribution in [3.63, 3.8) is 0 Å². The van der Waals surface area contributed by atoms with Crippen molar-refractivity contribution in [2.45, 2.75) is 13.0 Å². The summed E-state index contributed by atoms with van der Waals surface area (Å²) >= 11 is 0. The van der Waals surface area contributed by atoms with Gasteiger partial charge in [-0.05, 0) is 19.5 Å². The maximum atomic E-state index is 13.3. The summed E-state index contributed by atoms with van der Waals surface area (Å²) < 4.78 is 34.8. The summed E-state index contributed by atoms with van der Waals surface area (Å²) in [5.74, 6) is 0. The zero-order valence-corrected chi connectivity index (χ0v) is 16.8. The van der Waals surface area contributed by atoms with Crippen molar-refractivity contribution < 1.29 is 17.9 Å². The molecule has 0 aliphatic carbocycles. The molecule has 1 aromatic carbocycles. The topological polar surface area (TPSA) is 73.4 Å². The molecule has 0 N–H and O–H groups in total. The first kappa shape index (κ1) is 20.1. The van der Waals surface area contributed by atoms with Crippen molar-refractivity contribution in [3.05, 3.63) is 35.9 Å². The molecule has 1 amide bonds. The van der Waals surface area contributed by atoms with E-state index in [2.05, 4.69) is 4.90 Å². The van der Waals surface area contributed by atoms with Crippen molar-refractivity contribution >= 4 is 16.3 Å². The van der Waals surface area contributed by atoms with Gasteiger partial charge >= 0.3 is 6.09 Å². The molecule has 2 fully saturated rings. The van der Waals surface area contributed by atoms with Crippen LogP contribution < -0.4 is 0 Å². The quantitative estimate of drug-likeness (QED) is 0.759. The molecule has 2 saturated heterocycles. The first-order chi connectivity index (χ1) is 12.9. The van der Waals surface area contributed by atoms with E-state index in [1.807, 2.05) is 37.4 Å². The van der Waals surface area contributed by atoms with Crippen LogP contribution in [0.5, 0.6) is 0 Å². The van der Waals surface area contributed by atoms with Crippen molar-refractivity contribution in [3.8, 4) is 0 Å². The number of ether oxygens (including phenoxy) is 1. The van der Waals surface area contributed by atoms with E-state index in [0.717, 1.165) is 5.56 Å². The highest BCUT2D eigenvalue weighted by molar-refractivity contribution is 7.86. The average Bonchev–Trinajstić information content (AvgIpc) is 2.68. The van der Waals surface area contributed by atoms with Crippen LogP contribution in [0.25, 0.3) is 0 Å². The lowest BCUT2D eigenvalue weighted by Gasteiger charge is -2.43. The van der Waals surface area contributed by atoms with E-state index in [-0.39, 0.29) is 25.2 Å². The average molecular weight is 397 g/mol. The maximum Gasteiger partial charge on any atom is 0.409 e.